The number of hydrogen-bond acceptors (Lipinski definition) is 4. The first kappa shape index (κ1) is 14.9. The lowest BCUT2D eigenvalue weighted by Crippen LogP contribution is -2.22. The summed E-state index contributed by atoms with van der Waals surface area (Å²) in [6.45, 7) is 0.503. The van der Waals surface area contributed by atoms with Gasteiger partial charge in [0.05, 0.1) is 24.6 Å². The van der Waals surface area contributed by atoms with Crippen molar-refractivity contribution >= 4 is 33.2 Å². The Kier molecular flexibility index (Phi) is 5.03. The second kappa shape index (κ2) is 6.76. The van der Waals surface area contributed by atoms with Gasteiger partial charge in [0.15, 0.2) is 11.5 Å². The van der Waals surface area contributed by atoms with Gasteiger partial charge in [0.1, 0.15) is 0 Å². The van der Waals surface area contributed by atoms with Crippen LogP contribution in [0.3, 0.4) is 0 Å². The number of halogens is 1. The molecule has 1 aromatic heterocycles. The molecular weight excluding hydrogens is 342 g/mol. The zero-order valence-electron chi connectivity index (χ0n) is 11.1. The second-order valence-corrected chi connectivity index (χ2v) is 6.51. The number of carbonyl (C=O) groups excluding carboxylic acids is 1. The zero-order chi connectivity index (χ0) is 14.5. The number of benzene rings is 1. The van der Waals surface area contributed by atoms with Crippen LogP contribution < -0.4 is 14.8 Å². The molecule has 106 valence electrons. The SMILES string of the molecule is COc1ccc(C(=O)NCc2ccc(Br)s2)cc1OC. The standard InChI is InChI=1S/C14H14BrNO3S/c1-18-11-5-3-9(7-12(11)19-2)14(17)16-8-10-4-6-13(15)20-10/h3-7H,8H2,1-2H3,(H,16,17). The first-order valence-electron chi connectivity index (χ1n) is 5.88. The minimum Gasteiger partial charge on any atom is -0.493 e. The molecule has 1 N–H and O–H groups in total. The molecule has 0 fully saturated rings. The van der Waals surface area contributed by atoms with E-state index in [0.717, 1.165) is 8.66 Å². The highest BCUT2D eigenvalue weighted by Crippen LogP contribution is 2.27. The highest BCUT2D eigenvalue weighted by atomic mass is 79.9. The van der Waals surface area contributed by atoms with E-state index in [4.69, 9.17) is 9.47 Å². The normalized spacial score (nSPS) is 10.2. The predicted molar refractivity (Wildman–Crippen MR) is 82.7 cm³/mol. The summed E-state index contributed by atoms with van der Waals surface area (Å²) in [5, 5.41) is 2.87. The lowest BCUT2D eigenvalue weighted by atomic mass is 10.2. The molecule has 1 aromatic carbocycles. The van der Waals surface area contributed by atoms with Crippen LogP contribution in [0.4, 0.5) is 0 Å². The fourth-order valence-electron chi connectivity index (χ4n) is 1.69. The maximum Gasteiger partial charge on any atom is 0.251 e. The van der Waals surface area contributed by atoms with Gasteiger partial charge >= 0.3 is 0 Å². The highest BCUT2D eigenvalue weighted by molar-refractivity contribution is 9.11. The molecule has 0 saturated heterocycles. The van der Waals surface area contributed by atoms with Crippen LogP contribution in [0, 0.1) is 0 Å². The second-order valence-electron chi connectivity index (χ2n) is 3.96. The van der Waals surface area contributed by atoms with Crippen molar-refractivity contribution in [3.05, 3.63) is 44.6 Å². The molecule has 6 heteroatoms. The summed E-state index contributed by atoms with van der Waals surface area (Å²) >= 11 is 4.99. The maximum atomic E-state index is 12.1. The van der Waals surface area contributed by atoms with E-state index in [-0.39, 0.29) is 5.91 Å². The van der Waals surface area contributed by atoms with Gasteiger partial charge in [-0.25, -0.2) is 0 Å². The number of thiophene rings is 1. The third-order valence-electron chi connectivity index (χ3n) is 2.70. The van der Waals surface area contributed by atoms with Gasteiger partial charge in [-0.3, -0.25) is 4.79 Å². The Balaban J connectivity index is 2.05. The molecule has 2 rings (SSSR count). The van der Waals surface area contributed by atoms with Gasteiger partial charge in [-0.05, 0) is 46.3 Å². The summed E-state index contributed by atoms with van der Waals surface area (Å²) in [7, 11) is 3.11. The largest absolute Gasteiger partial charge is 0.493 e. The third kappa shape index (κ3) is 3.52. The number of hydrogen-bond donors (Lipinski definition) is 1. The number of nitrogens with one attached hydrogen (secondary N) is 1. The van der Waals surface area contributed by atoms with Crippen LogP contribution in [0.2, 0.25) is 0 Å². The van der Waals surface area contributed by atoms with Gasteiger partial charge < -0.3 is 14.8 Å². The molecule has 0 aliphatic rings. The van der Waals surface area contributed by atoms with Crippen LogP contribution in [0.25, 0.3) is 0 Å². The van der Waals surface area contributed by atoms with E-state index < -0.39 is 0 Å². The van der Waals surface area contributed by atoms with Gasteiger partial charge in [0.2, 0.25) is 0 Å². The molecule has 0 aliphatic heterocycles. The maximum absolute atomic E-state index is 12.1. The number of amides is 1. The van der Waals surface area contributed by atoms with Crippen LogP contribution in [-0.2, 0) is 6.54 Å². The Hall–Kier alpha value is -1.53. The Bertz CT molecular complexity index is 612. The third-order valence-corrected chi connectivity index (χ3v) is 4.32. The van der Waals surface area contributed by atoms with Crippen molar-refractivity contribution in [2.24, 2.45) is 0 Å². The number of carbonyl (C=O) groups is 1. The van der Waals surface area contributed by atoms with Gasteiger partial charge in [0, 0.05) is 10.4 Å². The van der Waals surface area contributed by atoms with E-state index in [0.29, 0.717) is 23.6 Å². The Morgan fingerprint density at radius 1 is 1.20 bits per heavy atom. The molecule has 0 bridgehead atoms. The average Bonchev–Trinajstić information content (AvgIpc) is 2.89. The van der Waals surface area contributed by atoms with Crippen LogP contribution in [-0.4, -0.2) is 20.1 Å². The quantitative estimate of drug-likeness (QED) is 0.893. The van der Waals surface area contributed by atoms with Crippen molar-refractivity contribution in [2.45, 2.75) is 6.54 Å². The molecule has 20 heavy (non-hydrogen) atoms. The van der Waals surface area contributed by atoms with E-state index in [1.54, 1.807) is 43.8 Å². The van der Waals surface area contributed by atoms with Gasteiger partial charge in [-0.1, -0.05) is 0 Å². The minimum atomic E-state index is -0.143. The molecule has 0 aliphatic carbocycles. The van der Waals surface area contributed by atoms with Gasteiger partial charge in [0.25, 0.3) is 5.91 Å². The van der Waals surface area contributed by atoms with E-state index in [1.807, 2.05) is 12.1 Å². The molecule has 4 nitrogen and oxygen atoms in total. The number of rotatable bonds is 5. The summed E-state index contributed by atoms with van der Waals surface area (Å²) in [5.74, 6) is 1.00. The van der Waals surface area contributed by atoms with Crippen LogP contribution in [0.5, 0.6) is 11.5 Å². The first-order chi connectivity index (χ1) is 9.63. The van der Waals surface area contributed by atoms with Crippen molar-refractivity contribution in [2.75, 3.05) is 14.2 Å². The molecule has 1 heterocycles. The fourth-order valence-corrected chi connectivity index (χ4v) is 3.12. The molecule has 0 spiro atoms. The van der Waals surface area contributed by atoms with Gasteiger partial charge in [-0.2, -0.15) is 0 Å². The summed E-state index contributed by atoms with van der Waals surface area (Å²) in [5.41, 5.74) is 0.540. The molecule has 2 aromatic rings. The van der Waals surface area contributed by atoms with Crippen molar-refractivity contribution in [3.8, 4) is 11.5 Å². The molecular formula is C14H14BrNO3S. The Morgan fingerprint density at radius 2 is 1.95 bits per heavy atom. The summed E-state index contributed by atoms with van der Waals surface area (Å²) in [4.78, 5) is 13.2. The van der Waals surface area contributed by atoms with E-state index in [2.05, 4.69) is 21.2 Å². The molecule has 0 saturated carbocycles. The van der Waals surface area contributed by atoms with E-state index in [9.17, 15) is 4.79 Å². The molecule has 1 amide bonds. The van der Waals surface area contributed by atoms with Crippen LogP contribution in [0.1, 0.15) is 15.2 Å². The minimum absolute atomic E-state index is 0.143. The fraction of sp³-hybridized carbons (Fsp3) is 0.214. The zero-order valence-corrected chi connectivity index (χ0v) is 13.5. The lowest BCUT2D eigenvalue weighted by Gasteiger charge is -2.09. The summed E-state index contributed by atoms with van der Waals surface area (Å²) < 4.78 is 11.4. The topological polar surface area (TPSA) is 47.6 Å². The molecule has 0 unspecified atom stereocenters. The Morgan fingerprint density at radius 3 is 2.55 bits per heavy atom. The monoisotopic (exact) mass is 355 g/mol. The summed E-state index contributed by atoms with van der Waals surface area (Å²) in [6.07, 6.45) is 0. The van der Waals surface area contributed by atoms with Gasteiger partial charge in [-0.15, -0.1) is 11.3 Å². The van der Waals surface area contributed by atoms with Crippen LogP contribution >= 0.6 is 27.3 Å². The number of methoxy groups -OCH3 is 2. The van der Waals surface area contributed by atoms with E-state index in [1.165, 1.54) is 0 Å². The molecule has 0 radical (unpaired) electrons. The van der Waals surface area contributed by atoms with Crippen LogP contribution in [0.15, 0.2) is 34.1 Å². The van der Waals surface area contributed by atoms with E-state index >= 15 is 0 Å². The van der Waals surface area contributed by atoms with Crippen molar-refractivity contribution in [1.82, 2.24) is 5.32 Å². The smallest absolute Gasteiger partial charge is 0.251 e. The molecule has 0 atom stereocenters. The Labute approximate surface area is 129 Å². The number of ether oxygens (including phenoxy) is 2. The predicted octanol–water partition coefficient (Wildman–Crippen LogP) is 3.46. The van der Waals surface area contributed by atoms with Crippen molar-refractivity contribution in [1.29, 1.82) is 0 Å². The lowest BCUT2D eigenvalue weighted by molar-refractivity contribution is 0.0951. The first-order valence-corrected chi connectivity index (χ1v) is 7.49. The summed E-state index contributed by atoms with van der Waals surface area (Å²) in [6, 6.07) is 9.03. The van der Waals surface area contributed by atoms with Crippen molar-refractivity contribution < 1.29 is 14.3 Å². The highest BCUT2D eigenvalue weighted by Gasteiger charge is 2.10. The van der Waals surface area contributed by atoms with Crippen molar-refractivity contribution in [3.63, 3.8) is 0 Å². The average molecular weight is 356 g/mol.